The summed E-state index contributed by atoms with van der Waals surface area (Å²) in [6.45, 7) is 3.78. The van der Waals surface area contributed by atoms with Crippen molar-refractivity contribution in [1.82, 2.24) is 4.90 Å². The van der Waals surface area contributed by atoms with Crippen molar-refractivity contribution in [2.24, 2.45) is 0 Å². The Hall–Kier alpha value is -0.0900. The van der Waals surface area contributed by atoms with Crippen molar-refractivity contribution < 1.29 is 9.53 Å². The number of halogens is 1. The molecular formula is C10H16BrNO2. The number of hydrogen-bond donors (Lipinski definition) is 0. The Bertz CT molecular complexity index is 234. The molecule has 0 saturated carbocycles. The number of hydrogen-bond acceptors (Lipinski definition) is 2. The molecule has 80 valence electrons. The van der Waals surface area contributed by atoms with Gasteiger partial charge in [-0.05, 0) is 26.2 Å². The first-order valence-corrected chi connectivity index (χ1v) is 6.16. The summed E-state index contributed by atoms with van der Waals surface area (Å²) < 4.78 is 5.48. The molecule has 0 N–H and O–H groups in total. The summed E-state index contributed by atoms with van der Waals surface area (Å²) in [5, 5.41) is 0. The summed E-state index contributed by atoms with van der Waals surface area (Å²) in [5.41, 5.74) is 0. The van der Waals surface area contributed by atoms with Crippen molar-refractivity contribution >= 4 is 21.8 Å². The van der Waals surface area contributed by atoms with Gasteiger partial charge in [0.05, 0.1) is 10.9 Å². The van der Waals surface area contributed by atoms with Crippen molar-refractivity contribution in [2.75, 3.05) is 13.2 Å². The fourth-order valence-electron chi connectivity index (χ4n) is 2.29. The molecular weight excluding hydrogens is 246 g/mol. The van der Waals surface area contributed by atoms with Crippen LogP contribution < -0.4 is 0 Å². The molecule has 0 aromatic rings. The van der Waals surface area contributed by atoms with Crippen LogP contribution in [0, 0.1) is 0 Å². The molecule has 2 aliphatic rings. The smallest absolute Gasteiger partial charge is 0.236 e. The van der Waals surface area contributed by atoms with Gasteiger partial charge in [0.2, 0.25) is 5.91 Å². The Morgan fingerprint density at radius 3 is 2.86 bits per heavy atom. The van der Waals surface area contributed by atoms with Crippen LogP contribution in [-0.2, 0) is 9.53 Å². The molecule has 2 rings (SSSR count). The second kappa shape index (κ2) is 4.19. The van der Waals surface area contributed by atoms with Gasteiger partial charge in [-0.3, -0.25) is 4.79 Å². The topological polar surface area (TPSA) is 29.5 Å². The van der Waals surface area contributed by atoms with Crippen molar-refractivity contribution in [1.29, 1.82) is 0 Å². The van der Waals surface area contributed by atoms with Gasteiger partial charge in [0.15, 0.2) is 0 Å². The van der Waals surface area contributed by atoms with E-state index in [1.54, 1.807) is 0 Å². The quantitative estimate of drug-likeness (QED) is 0.671. The molecule has 3 atom stereocenters. The third kappa shape index (κ3) is 1.96. The van der Waals surface area contributed by atoms with Gasteiger partial charge < -0.3 is 9.64 Å². The molecule has 0 spiro atoms. The highest BCUT2D eigenvalue weighted by molar-refractivity contribution is 9.10. The highest BCUT2D eigenvalue weighted by Crippen LogP contribution is 2.26. The summed E-state index contributed by atoms with van der Waals surface area (Å²) in [5.74, 6) is 0.268. The first-order chi connectivity index (χ1) is 6.68. The van der Waals surface area contributed by atoms with Crippen LogP contribution in [0.25, 0.3) is 0 Å². The number of alkyl halides is 1. The molecule has 3 unspecified atom stereocenters. The number of likely N-dealkylation sites (tertiary alicyclic amines) is 1. The van der Waals surface area contributed by atoms with Gasteiger partial charge in [-0.2, -0.15) is 0 Å². The molecule has 14 heavy (non-hydrogen) atoms. The standard InChI is InChI=1S/C10H16BrNO2/c1-7-6-8(3-5-14-7)12-4-2-9(11)10(12)13/h7-9H,2-6H2,1H3. The molecule has 0 aromatic heterocycles. The summed E-state index contributed by atoms with van der Waals surface area (Å²) >= 11 is 3.40. The summed E-state index contributed by atoms with van der Waals surface area (Å²) in [6.07, 6.45) is 3.24. The minimum Gasteiger partial charge on any atom is -0.378 e. The van der Waals surface area contributed by atoms with Gasteiger partial charge in [-0.15, -0.1) is 0 Å². The van der Waals surface area contributed by atoms with Crippen LogP contribution >= 0.6 is 15.9 Å². The monoisotopic (exact) mass is 261 g/mol. The molecule has 1 amide bonds. The molecule has 2 heterocycles. The maximum atomic E-state index is 11.7. The Morgan fingerprint density at radius 2 is 2.29 bits per heavy atom. The normalized spacial score (nSPS) is 39.1. The van der Waals surface area contributed by atoms with E-state index in [0.29, 0.717) is 12.1 Å². The number of carbonyl (C=O) groups excluding carboxylic acids is 1. The van der Waals surface area contributed by atoms with Gasteiger partial charge in [0.25, 0.3) is 0 Å². The lowest BCUT2D eigenvalue weighted by Crippen LogP contribution is -2.43. The van der Waals surface area contributed by atoms with Crippen LogP contribution in [0.15, 0.2) is 0 Å². The second-order valence-corrected chi connectivity index (χ2v) is 5.25. The largest absolute Gasteiger partial charge is 0.378 e. The molecule has 3 nitrogen and oxygen atoms in total. The fraction of sp³-hybridized carbons (Fsp3) is 0.900. The van der Waals surface area contributed by atoms with E-state index < -0.39 is 0 Å². The van der Waals surface area contributed by atoms with E-state index in [9.17, 15) is 4.79 Å². The van der Waals surface area contributed by atoms with Crippen molar-refractivity contribution in [3.63, 3.8) is 0 Å². The maximum absolute atomic E-state index is 11.7. The van der Waals surface area contributed by atoms with E-state index in [1.807, 2.05) is 4.90 Å². The molecule has 0 aromatic carbocycles. The maximum Gasteiger partial charge on any atom is 0.236 e. The lowest BCUT2D eigenvalue weighted by atomic mass is 10.0. The van der Waals surface area contributed by atoms with E-state index >= 15 is 0 Å². The van der Waals surface area contributed by atoms with E-state index in [2.05, 4.69) is 22.9 Å². The van der Waals surface area contributed by atoms with Gasteiger partial charge in [0, 0.05) is 19.2 Å². The first-order valence-electron chi connectivity index (χ1n) is 5.24. The molecule has 2 aliphatic heterocycles. The van der Waals surface area contributed by atoms with Crippen LogP contribution in [-0.4, -0.2) is 40.9 Å². The van der Waals surface area contributed by atoms with Crippen molar-refractivity contribution in [2.45, 2.75) is 43.2 Å². The Labute approximate surface area is 92.9 Å². The zero-order chi connectivity index (χ0) is 10.1. The number of nitrogens with zero attached hydrogens (tertiary/aromatic N) is 1. The predicted octanol–water partition coefficient (Wildman–Crippen LogP) is 1.55. The lowest BCUT2D eigenvalue weighted by molar-refractivity contribution is -0.131. The van der Waals surface area contributed by atoms with Gasteiger partial charge >= 0.3 is 0 Å². The zero-order valence-electron chi connectivity index (χ0n) is 8.41. The summed E-state index contributed by atoms with van der Waals surface area (Å²) in [7, 11) is 0. The minimum absolute atomic E-state index is 0.0562. The molecule has 4 heteroatoms. The van der Waals surface area contributed by atoms with Crippen LogP contribution in [0.3, 0.4) is 0 Å². The van der Waals surface area contributed by atoms with Crippen molar-refractivity contribution in [3.05, 3.63) is 0 Å². The predicted molar refractivity (Wildman–Crippen MR) is 57.5 cm³/mol. The van der Waals surface area contributed by atoms with Gasteiger partial charge in [-0.1, -0.05) is 15.9 Å². The molecule has 2 fully saturated rings. The van der Waals surface area contributed by atoms with Crippen LogP contribution in [0.2, 0.25) is 0 Å². The van der Waals surface area contributed by atoms with Crippen LogP contribution in [0.5, 0.6) is 0 Å². The molecule has 0 radical (unpaired) electrons. The number of carbonyl (C=O) groups is 1. The Balaban J connectivity index is 1.97. The summed E-state index contributed by atoms with van der Waals surface area (Å²) in [6, 6.07) is 0.411. The van der Waals surface area contributed by atoms with E-state index in [0.717, 1.165) is 32.4 Å². The minimum atomic E-state index is 0.0562. The van der Waals surface area contributed by atoms with Crippen LogP contribution in [0.1, 0.15) is 26.2 Å². The molecule has 0 bridgehead atoms. The van der Waals surface area contributed by atoms with E-state index in [1.165, 1.54) is 0 Å². The number of ether oxygens (including phenoxy) is 1. The highest BCUT2D eigenvalue weighted by atomic mass is 79.9. The zero-order valence-corrected chi connectivity index (χ0v) is 10.00. The van der Waals surface area contributed by atoms with Crippen LogP contribution in [0.4, 0.5) is 0 Å². The average molecular weight is 262 g/mol. The van der Waals surface area contributed by atoms with Gasteiger partial charge in [-0.25, -0.2) is 0 Å². The number of rotatable bonds is 1. The average Bonchev–Trinajstić information content (AvgIpc) is 2.48. The highest BCUT2D eigenvalue weighted by Gasteiger charge is 2.35. The lowest BCUT2D eigenvalue weighted by Gasteiger charge is -2.34. The van der Waals surface area contributed by atoms with E-state index in [-0.39, 0.29) is 10.7 Å². The van der Waals surface area contributed by atoms with Gasteiger partial charge in [0.1, 0.15) is 0 Å². The SMILES string of the molecule is CC1CC(N2CCC(Br)C2=O)CCO1. The van der Waals surface area contributed by atoms with E-state index in [4.69, 9.17) is 4.74 Å². The Kier molecular flexibility index (Phi) is 3.12. The third-order valence-corrected chi connectivity index (χ3v) is 3.92. The summed E-state index contributed by atoms with van der Waals surface area (Å²) in [4.78, 5) is 13.8. The van der Waals surface area contributed by atoms with Crippen molar-refractivity contribution in [3.8, 4) is 0 Å². The fourth-order valence-corrected chi connectivity index (χ4v) is 2.75. The second-order valence-electron chi connectivity index (χ2n) is 4.15. The molecule has 0 aliphatic carbocycles. The Morgan fingerprint density at radius 1 is 1.50 bits per heavy atom. The first kappa shape index (κ1) is 10.4. The number of amides is 1. The third-order valence-electron chi connectivity index (χ3n) is 3.07. The molecule has 2 saturated heterocycles.